The van der Waals surface area contributed by atoms with E-state index in [0.29, 0.717) is 23.8 Å². The molecule has 0 radical (unpaired) electrons. The molecule has 1 aliphatic rings. The molecule has 10 heteroatoms. The van der Waals surface area contributed by atoms with E-state index in [1.807, 2.05) is 18.7 Å². The second-order valence-corrected chi connectivity index (χ2v) is 6.59. The summed E-state index contributed by atoms with van der Waals surface area (Å²) in [5.41, 5.74) is 6.26. The van der Waals surface area contributed by atoms with Crippen LogP contribution < -0.4 is 16.0 Å². The third kappa shape index (κ3) is 3.94. The largest absolute Gasteiger partial charge is 0.378 e. The van der Waals surface area contributed by atoms with Gasteiger partial charge in [0.2, 0.25) is 17.6 Å². The first-order chi connectivity index (χ1) is 12.3. The fraction of sp³-hybridized carbons (Fsp3) is 0.375. The van der Waals surface area contributed by atoms with Gasteiger partial charge < -0.3 is 20.7 Å². The number of morpholine rings is 1. The third-order valence-corrected chi connectivity index (χ3v) is 4.15. The van der Waals surface area contributed by atoms with Gasteiger partial charge in [-0.1, -0.05) is 11.6 Å². The minimum Gasteiger partial charge on any atom is -0.378 e. The van der Waals surface area contributed by atoms with Crippen molar-refractivity contribution in [3.8, 4) is 0 Å². The Bertz CT molecular complexity index is 806. The lowest BCUT2D eigenvalue weighted by atomic mass is 10.2. The summed E-state index contributed by atoms with van der Waals surface area (Å²) >= 11 is 5.88. The number of nitrogen functional groups attached to an aromatic ring is 1. The SMILES string of the molecule is C[C@H]1CN(c2nc(Nc3ccc(Cl)cc3)nc(N)c2[N+](=O)[O-])C[C@H](C)O1. The van der Waals surface area contributed by atoms with E-state index in [4.69, 9.17) is 22.1 Å². The molecular formula is C16H19ClN6O3. The number of hydrogen-bond acceptors (Lipinski definition) is 8. The van der Waals surface area contributed by atoms with Gasteiger partial charge in [-0.3, -0.25) is 10.1 Å². The molecule has 2 heterocycles. The smallest absolute Gasteiger partial charge is 0.353 e. The molecule has 1 aromatic carbocycles. The Balaban J connectivity index is 1.99. The van der Waals surface area contributed by atoms with Crippen LogP contribution in [-0.4, -0.2) is 40.2 Å². The lowest BCUT2D eigenvalue weighted by molar-refractivity contribution is -0.383. The van der Waals surface area contributed by atoms with Crippen LogP contribution in [0.2, 0.25) is 5.02 Å². The molecule has 1 aromatic heterocycles. The average Bonchev–Trinajstić information content (AvgIpc) is 2.55. The molecule has 0 bridgehead atoms. The topological polar surface area (TPSA) is 119 Å². The molecule has 1 aliphatic heterocycles. The van der Waals surface area contributed by atoms with Crippen LogP contribution in [0, 0.1) is 10.1 Å². The summed E-state index contributed by atoms with van der Waals surface area (Å²) in [7, 11) is 0. The summed E-state index contributed by atoms with van der Waals surface area (Å²) in [6, 6.07) is 6.93. The van der Waals surface area contributed by atoms with E-state index >= 15 is 0 Å². The zero-order chi connectivity index (χ0) is 18.8. The number of nitro groups is 1. The highest BCUT2D eigenvalue weighted by Crippen LogP contribution is 2.34. The van der Waals surface area contributed by atoms with Crippen LogP contribution in [0.25, 0.3) is 0 Å². The Morgan fingerprint density at radius 3 is 2.46 bits per heavy atom. The zero-order valence-electron chi connectivity index (χ0n) is 14.3. The molecule has 1 saturated heterocycles. The minimum absolute atomic E-state index is 0.0813. The lowest BCUT2D eigenvalue weighted by Gasteiger charge is -2.35. The Hall–Kier alpha value is -2.65. The highest BCUT2D eigenvalue weighted by molar-refractivity contribution is 6.30. The molecule has 2 aromatic rings. The molecule has 0 unspecified atom stereocenters. The Kier molecular flexibility index (Phi) is 5.10. The fourth-order valence-electron chi connectivity index (χ4n) is 2.92. The van der Waals surface area contributed by atoms with E-state index in [9.17, 15) is 10.1 Å². The fourth-order valence-corrected chi connectivity index (χ4v) is 3.05. The van der Waals surface area contributed by atoms with Crippen LogP contribution in [0.3, 0.4) is 0 Å². The Morgan fingerprint density at radius 2 is 1.88 bits per heavy atom. The van der Waals surface area contributed by atoms with E-state index in [2.05, 4.69) is 15.3 Å². The molecule has 138 valence electrons. The summed E-state index contributed by atoms with van der Waals surface area (Å²) in [5, 5.41) is 15.1. The summed E-state index contributed by atoms with van der Waals surface area (Å²) in [6.45, 7) is 4.77. The van der Waals surface area contributed by atoms with Gasteiger partial charge >= 0.3 is 5.69 Å². The molecule has 1 fully saturated rings. The number of benzene rings is 1. The van der Waals surface area contributed by atoms with Gasteiger partial charge in [-0.2, -0.15) is 9.97 Å². The van der Waals surface area contributed by atoms with Gasteiger partial charge in [-0.25, -0.2) is 0 Å². The van der Waals surface area contributed by atoms with E-state index in [0.717, 1.165) is 0 Å². The van der Waals surface area contributed by atoms with Crippen molar-refractivity contribution >= 4 is 40.6 Å². The van der Waals surface area contributed by atoms with Gasteiger partial charge in [0, 0.05) is 23.8 Å². The monoisotopic (exact) mass is 378 g/mol. The van der Waals surface area contributed by atoms with Crippen molar-refractivity contribution < 1.29 is 9.66 Å². The first kappa shape index (κ1) is 18.2. The maximum atomic E-state index is 11.5. The second kappa shape index (κ2) is 7.30. The molecule has 2 atom stereocenters. The first-order valence-corrected chi connectivity index (χ1v) is 8.46. The van der Waals surface area contributed by atoms with Crippen LogP contribution in [0.4, 0.5) is 29.0 Å². The Labute approximate surface area is 155 Å². The van der Waals surface area contributed by atoms with E-state index in [1.54, 1.807) is 24.3 Å². The van der Waals surface area contributed by atoms with Crippen molar-refractivity contribution in [1.29, 1.82) is 0 Å². The number of nitrogens with one attached hydrogen (secondary N) is 1. The molecular weight excluding hydrogens is 360 g/mol. The van der Waals surface area contributed by atoms with Crippen LogP contribution >= 0.6 is 11.6 Å². The molecule has 3 N–H and O–H groups in total. The highest BCUT2D eigenvalue weighted by Gasteiger charge is 2.32. The third-order valence-electron chi connectivity index (χ3n) is 3.89. The lowest BCUT2D eigenvalue weighted by Crippen LogP contribution is -2.46. The van der Waals surface area contributed by atoms with Gasteiger partial charge in [-0.05, 0) is 38.1 Å². The summed E-state index contributed by atoms with van der Waals surface area (Å²) in [6.07, 6.45) is -0.163. The normalized spacial score (nSPS) is 20.0. The standard InChI is InChI=1S/C16H19ClN6O3/c1-9-7-22(8-10(2)26-9)15-13(23(24)25)14(18)20-16(21-15)19-12-5-3-11(17)4-6-12/h3-6,9-10H,7-8H2,1-2H3,(H3,18,19,20,21)/t9-,10-/m0/s1. The first-order valence-electron chi connectivity index (χ1n) is 8.08. The van der Waals surface area contributed by atoms with Gasteiger partial charge in [0.15, 0.2) is 0 Å². The number of aromatic nitrogens is 2. The van der Waals surface area contributed by atoms with Crippen molar-refractivity contribution in [2.75, 3.05) is 29.0 Å². The number of nitrogens with zero attached hydrogens (tertiary/aromatic N) is 4. The van der Waals surface area contributed by atoms with Crippen molar-refractivity contribution in [2.24, 2.45) is 0 Å². The number of hydrogen-bond donors (Lipinski definition) is 2. The van der Waals surface area contributed by atoms with Crippen molar-refractivity contribution in [3.63, 3.8) is 0 Å². The van der Waals surface area contributed by atoms with Crippen LogP contribution in [0.1, 0.15) is 13.8 Å². The van der Waals surface area contributed by atoms with E-state index < -0.39 is 4.92 Å². The predicted octanol–water partition coefficient (Wildman–Crippen LogP) is 2.98. The van der Waals surface area contributed by atoms with Crippen molar-refractivity contribution in [3.05, 3.63) is 39.4 Å². The maximum Gasteiger partial charge on any atom is 0.353 e. The van der Waals surface area contributed by atoms with E-state index in [1.165, 1.54) is 0 Å². The highest BCUT2D eigenvalue weighted by atomic mass is 35.5. The molecule has 0 spiro atoms. The van der Waals surface area contributed by atoms with Crippen LogP contribution in [0.5, 0.6) is 0 Å². The summed E-state index contributed by atoms with van der Waals surface area (Å²) < 4.78 is 5.69. The van der Waals surface area contributed by atoms with Gasteiger partial charge in [-0.15, -0.1) is 0 Å². The molecule has 0 aliphatic carbocycles. The van der Waals surface area contributed by atoms with E-state index in [-0.39, 0.29) is 35.5 Å². The average molecular weight is 379 g/mol. The number of nitrogens with two attached hydrogens (primary N) is 1. The maximum absolute atomic E-state index is 11.5. The van der Waals surface area contributed by atoms with Gasteiger partial charge in [0.1, 0.15) is 0 Å². The van der Waals surface area contributed by atoms with Crippen molar-refractivity contribution in [1.82, 2.24) is 9.97 Å². The molecule has 0 amide bonds. The quantitative estimate of drug-likeness (QED) is 0.615. The zero-order valence-corrected chi connectivity index (χ0v) is 15.1. The molecule has 0 saturated carbocycles. The van der Waals surface area contributed by atoms with Crippen LogP contribution in [0.15, 0.2) is 24.3 Å². The Morgan fingerprint density at radius 1 is 1.27 bits per heavy atom. The van der Waals surface area contributed by atoms with Gasteiger partial charge in [0.05, 0.1) is 17.1 Å². The summed E-state index contributed by atoms with van der Waals surface area (Å²) in [4.78, 5) is 21.1. The molecule has 9 nitrogen and oxygen atoms in total. The molecule has 3 rings (SSSR count). The minimum atomic E-state index is -0.554. The van der Waals surface area contributed by atoms with Gasteiger partial charge in [0.25, 0.3) is 0 Å². The number of ether oxygens (including phenoxy) is 1. The second-order valence-electron chi connectivity index (χ2n) is 6.16. The van der Waals surface area contributed by atoms with Crippen molar-refractivity contribution in [2.45, 2.75) is 26.1 Å². The number of rotatable bonds is 4. The predicted molar refractivity (Wildman–Crippen MR) is 100 cm³/mol. The summed E-state index contributed by atoms with van der Waals surface area (Å²) in [5.74, 6) is 0.168. The van der Waals surface area contributed by atoms with Crippen LogP contribution in [-0.2, 0) is 4.74 Å². The molecule has 26 heavy (non-hydrogen) atoms. The number of anilines is 4. The number of halogens is 1.